The molecule has 1 heterocycles. The summed E-state index contributed by atoms with van der Waals surface area (Å²) in [5.41, 5.74) is 3.58. The zero-order valence-corrected chi connectivity index (χ0v) is 21.3. The second-order valence-corrected chi connectivity index (χ2v) is 8.12. The van der Waals surface area contributed by atoms with Gasteiger partial charge in [0, 0.05) is 37.6 Å². The largest absolute Gasteiger partial charge is 0.372 e. The van der Waals surface area contributed by atoms with Gasteiger partial charge in [0.25, 0.3) is 0 Å². The lowest BCUT2D eigenvalue weighted by atomic mass is 10.1. The highest BCUT2D eigenvalue weighted by Gasteiger charge is 2.05. The third kappa shape index (κ3) is 8.59. The number of guanidine groups is 1. The summed E-state index contributed by atoms with van der Waals surface area (Å²) < 4.78 is 5.93. The summed E-state index contributed by atoms with van der Waals surface area (Å²) in [4.78, 5) is 10.1. The van der Waals surface area contributed by atoms with Crippen LogP contribution in [-0.4, -0.2) is 24.5 Å². The number of rotatable bonds is 10. The predicted octanol–water partition coefficient (Wildman–Crippen LogP) is 4.95. The minimum Gasteiger partial charge on any atom is -0.372 e. The zero-order valence-electron chi connectivity index (χ0n) is 18.1. The fourth-order valence-corrected chi connectivity index (χ4v) is 3.90. The molecule has 0 aliphatic heterocycles. The monoisotopic (exact) mass is 550 g/mol. The first-order chi connectivity index (χ1) is 14.8. The summed E-state index contributed by atoms with van der Waals surface area (Å²) in [5, 5.41) is 7.94. The summed E-state index contributed by atoms with van der Waals surface area (Å²) >= 11 is 1.78. The molecule has 0 radical (unpaired) electrons. The van der Waals surface area contributed by atoms with Gasteiger partial charge in [0.1, 0.15) is 0 Å². The highest BCUT2D eigenvalue weighted by atomic mass is 127. The van der Waals surface area contributed by atoms with Crippen LogP contribution in [-0.2, 0) is 37.3 Å². The summed E-state index contributed by atoms with van der Waals surface area (Å²) in [6.45, 7) is 4.86. The van der Waals surface area contributed by atoms with Gasteiger partial charge in [-0.25, -0.2) is 4.98 Å². The van der Waals surface area contributed by atoms with Crippen LogP contribution in [0.4, 0.5) is 0 Å². The number of thiazole rings is 1. The first kappa shape index (κ1) is 25.3. The maximum Gasteiger partial charge on any atom is 0.191 e. The Morgan fingerprint density at radius 1 is 1.00 bits per heavy atom. The van der Waals surface area contributed by atoms with Crippen molar-refractivity contribution in [2.75, 3.05) is 13.6 Å². The van der Waals surface area contributed by atoms with Crippen molar-refractivity contribution >= 4 is 41.3 Å². The molecule has 0 unspecified atom stereocenters. The Morgan fingerprint density at radius 2 is 1.74 bits per heavy atom. The third-order valence-electron chi connectivity index (χ3n) is 4.74. The maximum absolute atomic E-state index is 5.93. The second kappa shape index (κ2) is 14.2. The second-order valence-electron chi connectivity index (χ2n) is 6.92. The van der Waals surface area contributed by atoms with Gasteiger partial charge < -0.3 is 15.4 Å². The number of aromatic nitrogens is 1. The Kier molecular flexibility index (Phi) is 11.6. The molecule has 0 bridgehead atoms. The van der Waals surface area contributed by atoms with Gasteiger partial charge in [-0.05, 0) is 23.1 Å². The Hall–Kier alpha value is -1.97. The molecular weight excluding hydrogens is 519 g/mol. The molecule has 2 aromatic carbocycles. The molecule has 0 amide bonds. The fraction of sp³-hybridized carbons (Fsp3) is 0.333. The van der Waals surface area contributed by atoms with E-state index in [-0.39, 0.29) is 24.0 Å². The highest BCUT2D eigenvalue weighted by Crippen LogP contribution is 2.14. The molecule has 31 heavy (non-hydrogen) atoms. The van der Waals surface area contributed by atoms with Crippen LogP contribution in [0.1, 0.15) is 33.5 Å². The Labute approximate surface area is 206 Å². The minimum absolute atomic E-state index is 0. The number of benzene rings is 2. The number of hydrogen-bond donors (Lipinski definition) is 2. The van der Waals surface area contributed by atoms with Crippen LogP contribution in [0.5, 0.6) is 0 Å². The van der Waals surface area contributed by atoms with Crippen molar-refractivity contribution in [1.82, 2.24) is 15.6 Å². The van der Waals surface area contributed by atoms with E-state index in [1.807, 2.05) is 24.4 Å². The van der Waals surface area contributed by atoms with E-state index in [2.05, 4.69) is 63.9 Å². The third-order valence-corrected chi connectivity index (χ3v) is 5.94. The predicted molar refractivity (Wildman–Crippen MR) is 140 cm³/mol. The lowest BCUT2D eigenvalue weighted by molar-refractivity contribution is 0.106. The minimum atomic E-state index is 0. The van der Waals surface area contributed by atoms with E-state index in [0.717, 1.165) is 30.4 Å². The molecule has 3 aromatic rings. The van der Waals surface area contributed by atoms with E-state index in [0.29, 0.717) is 19.8 Å². The number of nitrogens with zero attached hydrogens (tertiary/aromatic N) is 2. The zero-order chi connectivity index (χ0) is 21.0. The van der Waals surface area contributed by atoms with Crippen LogP contribution in [0.3, 0.4) is 0 Å². The molecule has 0 fully saturated rings. The van der Waals surface area contributed by atoms with E-state index >= 15 is 0 Å². The van der Waals surface area contributed by atoms with E-state index in [4.69, 9.17) is 4.74 Å². The molecule has 5 nitrogen and oxygen atoms in total. The van der Waals surface area contributed by atoms with E-state index < -0.39 is 0 Å². The number of aryl methyl sites for hydroxylation is 1. The van der Waals surface area contributed by atoms with Crippen LogP contribution in [0.25, 0.3) is 0 Å². The first-order valence-corrected chi connectivity index (χ1v) is 11.2. The average Bonchev–Trinajstić information content (AvgIpc) is 3.25. The molecule has 0 saturated heterocycles. The topological polar surface area (TPSA) is 58.5 Å². The van der Waals surface area contributed by atoms with Crippen molar-refractivity contribution in [1.29, 1.82) is 0 Å². The Bertz CT molecular complexity index is 930. The van der Waals surface area contributed by atoms with Crippen LogP contribution in [0, 0.1) is 0 Å². The van der Waals surface area contributed by atoms with E-state index in [1.165, 1.54) is 21.6 Å². The summed E-state index contributed by atoms with van der Waals surface area (Å²) in [7, 11) is 1.79. The van der Waals surface area contributed by atoms with Crippen molar-refractivity contribution in [3.05, 3.63) is 87.4 Å². The van der Waals surface area contributed by atoms with E-state index in [9.17, 15) is 0 Å². The van der Waals surface area contributed by atoms with Gasteiger partial charge in [0.05, 0.1) is 18.2 Å². The molecule has 7 heteroatoms. The fourth-order valence-electron chi connectivity index (χ4n) is 3.04. The maximum atomic E-state index is 5.93. The van der Waals surface area contributed by atoms with E-state index in [1.54, 1.807) is 18.4 Å². The van der Waals surface area contributed by atoms with Crippen molar-refractivity contribution < 1.29 is 4.74 Å². The number of nitrogens with one attached hydrogen (secondary N) is 2. The lowest BCUT2D eigenvalue weighted by Crippen LogP contribution is -2.38. The van der Waals surface area contributed by atoms with Gasteiger partial charge in [-0.3, -0.25) is 4.99 Å². The number of hydrogen-bond acceptors (Lipinski definition) is 4. The average molecular weight is 551 g/mol. The van der Waals surface area contributed by atoms with Crippen LogP contribution in [0.2, 0.25) is 0 Å². The summed E-state index contributed by atoms with van der Waals surface area (Å²) in [5.74, 6) is 0.794. The molecule has 0 aliphatic carbocycles. The molecule has 1 aromatic heterocycles. The Morgan fingerprint density at radius 3 is 2.45 bits per heavy atom. The number of aliphatic imine (C=N–C) groups is 1. The molecule has 3 rings (SSSR count). The van der Waals surface area contributed by atoms with Gasteiger partial charge >= 0.3 is 0 Å². The SMILES string of the molecule is CCc1cnc(CCNC(=NC)NCc2ccccc2COCc2ccccc2)s1.I. The van der Waals surface area contributed by atoms with Crippen LogP contribution >= 0.6 is 35.3 Å². The summed E-state index contributed by atoms with van der Waals surface area (Å²) in [6.07, 6.45) is 3.92. The molecule has 0 spiro atoms. The standard InChI is InChI=1S/C24H30N4OS.HI/c1-3-22-16-27-23(30-22)13-14-26-24(25-2)28-15-20-11-7-8-12-21(20)18-29-17-19-9-5-4-6-10-19;/h4-12,16H,3,13-15,17-18H2,1-2H3,(H2,25,26,28);1H. The van der Waals surface area contributed by atoms with Gasteiger partial charge in [-0.2, -0.15) is 0 Å². The van der Waals surface area contributed by atoms with Gasteiger partial charge in [0.15, 0.2) is 5.96 Å². The number of halogens is 1. The molecule has 0 saturated carbocycles. The molecule has 2 N–H and O–H groups in total. The number of ether oxygens (including phenoxy) is 1. The smallest absolute Gasteiger partial charge is 0.191 e. The van der Waals surface area contributed by atoms with Gasteiger partial charge in [0.2, 0.25) is 0 Å². The quantitative estimate of drug-likeness (QED) is 0.213. The van der Waals surface area contributed by atoms with Crippen molar-refractivity contribution in [2.24, 2.45) is 4.99 Å². The molecule has 0 atom stereocenters. The van der Waals surface area contributed by atoms with Gasteiger partial charge in [-0.1, -0.05) is 61.5 Å². The van der Waals surface area contributed by atoms with Gasteiger partial charge in [-0.15, -0.1) is 35.3 Å². The van der Waals surface area contributed by atoms with Crippen molar-refractivity contribution in [3.63, 3.8) is 0 Å². The molecule has 0 aliphatic rings. The first-order valence-electron chi connectivity index (χ1n) is 10.3. The van der Waals surface area contributed by atoms with Crippen LogP contribution in [0.15, 0.2) is 65.8 Å². The highest BCUT2D eigenvalue weighted by molar-refractivity contribution is 14.0. The normalized spacial score (nSPS) is 11.1. The van der Waals surface area contributed by atoms with Crippen molar-refractivity contribution in [3.8, 4) is 0 Å². The van der Waals surface area contributed by atoms with Crippen molar-refractivity contribution in [2.45, 2.75) is 39.5 Å². The van der Waals surface area contributed by atoms with Crippen LogP contribution < -0.4 is 10.6 Å². The lowest BCUT2D eigenvalue weighted by Gasteiger charge is -2.14. The molecule has 166 valence electrons. The Balaban J connectivity index is 0.00000341. The summed E-state index contributed by atoms with van der Waals surface area (Å²) in [6, 6.07) is 18.6. The molecular formula is C24H31IN4OS.